The molecule has 0 atom stereocenters. The van der Waals surface area contributed by atoms with Crippen LogP contribution in [-0.2, 0) is 11.3 Å². The first kappa shape index (κ1) is 20.4. The van der Waals surface area contributed by atoms with Crippen molar-refractivity contribution in [1.82, 2.24) is 15.2 Å². The molecule has 0 fully saturated rings. The van der Waals surface area contributed by atoms with E-state index in [1.807, 2.05) is 30.3 Å². The minimum Gasteiger partial charge on any atom is -0.448 e. The summed E-state index contributed by atoms with van der Waals surface area (Å²) in [6.07, 6.45) is -0.546. The zero-order chi connectivity index (χ0) is 22.1. The third-order valence-electron chi connectivity index (χ3n) is 5.49. The number of nitrogens with one attached hydrogen (secondary N) is 2. The number of nitrogens with zero attached hydrogens (tertiary/aromatic N) is 2. The fraction of sp³-hybridized carbons (Fsp3) is 0.125. The molecule has 3 N–H and O–H groups in total. The molecule has 0 bridgehead atoms. The van der Waals surface area contributed by atoms with Gasteiger partial charge in [0.25, 0.3) is 0 Å². The van der Waals surface area contributed by atoms with Gasteiger partial charge in [0.05, 0.1) is 5.69 Å². The normalized spacial score (nSPS) is 12.3. The molecule has 0 radical (unpaired) electrons. The fourth-order valence-electron chi connectivity index (χ4n) is 4.00. The van der Waals surface area contributed by atoms with E-state index >= 15 is 0 Å². The van der Waals surface area contributed by atoms with E-state index in [1.54, 1.807) is 12.1 Å². The maximum Gasteiger partial charge on any atom is 0.411 e. The van der Waals surface area contributed by atoms with Crippen molar-refractivity contribution in [3.63, 3.8) is 0 Å². The second-order valence-electron chi connectivity index (χ2n) is 7.41. The second-order valence-corrected chi connectivity index (χ2v) is 8.26. The van der Waals surface area contributed by atoms with E-state index in [2.05, 4.69) is 60.7 Å². The standard InChI is InChI=1S/C24H19BrN4O3/c25-20-10-9-14(23-27-22(12-30)28-29-23)11-21(20)26-24(31)32-13-19-17-7-3-1-5-15(17)16-6-2-4-8-18(16)19/h1-11,19,30H,12-13H2,(H,26,31)(H,27,28,29). The van der Waals surface area contributed by atoms with Crippen LogP contribution < -0.4 is 5.32 Å². The van der Waals surface area contributed by atoms with Gasteiger partial charge in [0, 0.05) is 16.0 Å². The highest BCUT2D eigenvalue weighted by molar-refractivity contribution is 9.10. The Bertz CT molecular complexity index is 1260. The minimum atomic E-state index is -0.546. The number of hydrogen-bond donors (Lipinski definition) is 3. The predicted octanol–water partition coefficient (Wildman–Crippen LogP) is 5.09. The summed E-state index contributed by atoms with van der Waals surface area (Å²) in [6, 6.07) is 21.8. The third kappa shape index (κ3) is 3.79. The van der Waals surface area contributed by atoms with Crippen LogP contribution in [0.25, 0.3) is 22.5 Å². The van der Waals surface area contributed by atoms with Gasteiger partial charge in [-0.05, 0) is 56.4 Å². The first-order valence-electron chi connectivity index (χ1n) is 10.1. The van der Waals surface area contributed by atoms with Gasteiger partial charge >= 0.3 is 6.09 Å². The average molecular weight is 491 g/mol. The van der Waals surface area contributed by atoms with E-state index in [4.69, 9.17) is 4.74 Å². The third-order valence-corrected chi connectivity index (χ3v) is 6.18. The van der Waals surface area contributed by atoms with E-state index < -0.39 is 6.09 Å². The average Bonchev–Trinajstić information content (AvgIpc) is 3.42. The summed E-state index contributed by atoms with van der Waals surface area (Å²) in [5.41, 5.74) is 5.92. The Morgan fingerprint density at radius 3 is 2.41 bits per heavy atom. The molecule has 1 aliphatic carbocycles. The number of H-pyrrole nitrogens is 1. The van der Waals surface area contributed by atoms with E-state index in [9.17, 15) is 9.90 Å². The zero-order valence-electron chi connectivity index (χ0n) is 16.9. The van der Waals surface area contributed by atoms with E-state index in [1.165, 1.54) is 11.1 Å². The Labute approximate surface area is 192 Å². The molecule has 3 aromatic carbocycles. The number of aliphatic hydroxyl groups is 1. The molecule has 0 saturated carbocycles. The van der Waals surface area contributed by atoms with Crippen LogP contribution in [0.5, 0.6) is 0 Å². The lowest BCUT2D eigenvalue weighted by Gasteiger charge is -2.15. The number of ether oxygens (including phenoxy) is 1. The van der Waals surface area contributed by atoms with Crippen molar-refractivity contribution < 1.29 is 14.6 Å². The number of aliphatic hydroxyl groups excluding tert-OH is 1. The van der Waals surface area contributed by atoms with Gasteiger partial charge in [0.1, 0.15) is 13.2 Å². The summed E-state index contributed by atoms with van der Waals surface area (Å²) in [5.74, 6) is 0.791. The van der Waals surface area contributed by atoms with Crippen LogP contribution in [0.15, 0.2) is 71.2 Å². The van der Waals surface area contributed by atoms with Crippen molar-refractivity contribution in [2.75, 3.05) is 11.9 Å². The van der Waals surface area contributed by atoms with E-state index in [0.29, 0.717) is 27.4 Å². The minimum absolute atomic E-state index is 0.00640. The van der Waals surface area contributed by atoms with Gasteiger partial charge in [-0.2, -0.15) is 5.10 Å². The fourth-order valence-corrected chi connectivity index (χ4v) is 4.35. The number of amides is 1. The summed E-state index contributed by atoms with van der Waals surface area (Å²) in [5, 5.41) is 18.7. The summed E-state index contributed by atoms with van der Waals surface area (Å²) in [6.45, 7) is 0.00629. The predicted molar refractivity (Wildman–Crippen MR) is 124 cm³/mol. The Hall–Kier alpha value is -3.49. The lowest BCUT2D eigenvalue weighted by Crippen LogP contribution is -2.18. The number of halogens is 1. The number of aromatic amines is 1. The van der Waals surface area contributed by atoms with Crippen LogP contribution in [0.2, 0.25) is 0 Å². The molecule has 5 rings (SSSR count). The smallest absolute Gasteiger partial charge is 0.411 e. The summed E-state index contributed by atoms with van der Waals surface area (Å²) < 4.78 is 6.33. The van der Waals surface area contributed by atoms with Crippen LogP contribution in [0.4, 0.5) is 10.5 Å². The molecule has 1 heterocycles. The van der Waals surface area contributed by atoms with Crippen LogP contribution in [0.1, 0.15) is 22.9 Å². The van der Waals surface area contributed by atoms with E-state index in [0.717, 1.165) is 11.1 Å². The number of aromatic nitrogens is 3. The first-order valence-corrected chi connectivity index (χ1v) is 10.9. The van der Waals surface area contributed by atoms with Crippen molar-refractivity contribution >= 4 is 27.7 Å². The second kappa shape index (κ2) is 8.57. The number of anilines is 1. The number of hydrogen-bond acceptors (Lipinski definition) is 5. The number of rotatable bonds is 5. The summed E-state index contributed by atoms with van der Waals surface area (Å²) in [7, 11) is 0. The van der Waals surface area contributed by atoms with Crippen LogP contribution in [0, 0.1) is 0 Å². The molecule has 1 amide bonds. The van der Waals surface area contributed by atoms with Gasteiger partial charge in [0.15, 0.2) is 11.6 Å². The summed E-state index contributed by atoms with van der Waals surface area (Å²) >= 11 is 3.45. The van der Waals surface area contributed by atoms with Crippen LogP contribution in [0.3, 0.4) is 0 Å². The van der Waals surface area contributed by atoms with Crippen molar-refractivity contribution in [3.8, 4) is 22.5 Å². The van der Waals surface area contributed by atoms with Gasteiger partial charge in [-0.1, -0.05) is 48.5 Å². The molecule has 0 aliphatic heterocycles. The van der Waals surface area contributed by atoms with Crippen LogP contribution in [-0.4, -0.2) is 33.0 Å². The maximum atomic E-state index is 12.6. The number of benzene rings is 3. The van der Waals surface area contributed by atoms with Crippen molar-refractivity contribution in [1.29, 1.82) is 0 Å². The van der Waals surface area contributed by atoms with Crippen molar-refractivity contribution in [2.24, 2.45) is 0 Å². The Kier molecular flexibility index (Phi) is 5.46. The van der Waals surface area contributed by atoms with E-state index in [-0.39, 0.29) is 19.1 Å². The topological polar surface area (TPSA) is 100 Å². The molecule has 8 heteroatoms. The van der Waals surface area contributed by atoms with Gasteiger partial charge in [-0.25, -0.2) is 9.78 Å². The van der Waals surface area contributed by atoms with Gasteiger partial charge in [-0.3, -0.25) is 10.4 Å². The van der Waals surface area contributed by atoms with Crippen molar-refractivity contribution in [2.45, 2.75) is 12.5 Å². The van der Waals surface area contributed by atoms with Crippen LogP contribution >= 0.6 is 15.9 Å². The lowest BCUT2D eigenvalue weighted by atomic mass is 9.98. The number of carbonyl (C=O) groups is 1. The Balaban J connectivity index is 1.31. The molecule has 160 valence electrons. The SMILES string of the molecule is O=C(Nc1cc(-c2n[nH]c(CO)n2)ccc1Br)OCC1c2ccccc2-c2ccccc21. The molecule has 4 aromatic rings. The number of fused-ring (bicyclic) bond motifs is 3. The quantitative estimate of drug-likeness (QED) is 0.361. The van der Waals surface area contributed by atoms with Gasteiger partial charge in [-0.15, -0.1) is 0 Å². The molecule has 7 nitrogen and oxygen atoms in total. The largest absolute Gasteiger partial charge is 0.448 e. The molecule has 1 aromatic heterocycles. The molecule has 0 unspecified atom stereocenters. The highest BCUT2D eigenvalue weighted by atomic mass is 79.9. The molecule has 32 heavy (non-hydrogen) atoms. The highest BCUT2D eigenvalue weighted by Crippen LogP contribution is 2.44. The Morgan fingerprint density at radius 1 is 1.06 bits per heavy atom. The zero-order valence-corrected chi connectivity index (χ0v) is 18.5. The molecular formula is C24H19BrN4O3. The van der Waals surface area contributed by atoms with Gasteiger partial charge < -0.3 is 9.84 Å². The first-order chi connectivity index (χ1) is 15.6. The highest BCUT2D eigenvalue weighted by Gasteiger charge is 2.29. The molecule has 1 aliphatic rings. The maximum absolute atomic E-state index is 12.6. The van der Waals surface area contributed by atoms with Gasteiger partial charge in [0.2, 0.25) is 0 Å². The van der Waals surface area contributed by atoms with Crippen molar-refractivity contribution in [3.05, 3.63) is 88.2 Å². The Morgan fingerprint density at radius 2 is 1.75 bits per heavy atom. The molecular weight excluding hydrogens is 472 g/mol. The monoisotopic (exact) mass is 490 g/mol. The molecule has 0 spiro atoms. The lowest BCUT2D eigenvalue weighted by molar-refractivity contribution is 0.158. The number of carbonyl (C=O) groups excluding carboxylic acids is 1. The molecule has 0 saturated heterocycles. The summed E-state index contributed by atoms with van der Waals surface area (Å²) in [4.78, 5) is 16.8.